The number of anilines is 1. The molecule has 1 aliphatic rings. The number of amides is 1. The molecule has 0 saturated heterocycles. The fraction of sp³-hybridized carbons (Fsp3) is 0.481. The molecule has 0 unspecified atom stereocenters. The van der Waals surface area contributed by atoms with Crippen molar-refractivity contribution < 1.29 is 36.3 Å². The second-order valence-electron chi connectivity index (χ2n) is 10.8. The minimum Gasteiger partial charge on any atom is -0.475 e. The minimum atomic E-state index is -5.08. The number of benzene rings is 2. The zero-order valence-electron chi connectivity index (χ0n) is 22.1. The van der Waals surface area contributed by atoms with E-state index in [2.05, 4.69) is 44.7 Å². The van der Waals surface area contributed by atoms with E-state index in [1.807, 2.05) is 24.3 Å². The van der Waals surface area contributed by atoms with Crippen LogP contribution >= 0.6 is 0 Å². The van der Waals surface area contributed by atoms with Crippen LogP contribution in [0, 0.1) is 5.92 Å². The lowest BCUT2D eigenvalue weighted by Crippen LogP contribution is -2.35. The second-order valence-corrected chi connectivity index (χ2v) is 12.5. The van der Waals surface area contributed by atoms with Crippen molar-refractivity contribution in [1.29, 1.82) is 0 Å². The van der Waals surface area contributed by atoms with E-state index in [1.54, 1.807) is 24.3 Å². The van der Waals surface area contributed by atoms with Gasteiger partial charge in [-0.05, 0) is 66.0 Å². The molecule has 1 saturated carbocycles. The van der Waals surface area contributed by atoms with E-state index in [4.69, 9.17) is 9.90 Å². The van der Waals surface area contributed by atoms with Gasteiger partial charge in [-0.2, -0.15) is 13.2 Å². The van der Waals surface area contributed by atoms with Crippen LogP contribution in [0.4, 0.5) is 18.9 Å². The highest BCUT2D eigenvalue weighted by Gasteiger charge is 2.51. The third-order valence-electron chi connectivity index (χ3n) is 6.15. The third-order valence-corrected chi connectivity index (χ3v) is 7.55. The summed E-state index contributed by atoms with van der Waals surface area (Å²) in [6.45, 7) is 11.2. The molecule has 210 valence electrons. The minimum absolute atomic E-state index is 0.0363. The van der Waals surface area contributed by atoms with Crippen LogP contribution in [0.15, 0.2) is 53.4 Å². The van der Waals surface area contributed by atoms with Gasteiger partial charge in [0.15, 0.2) is 0 Å². The SMILES string of the molecule is CC(C)CCNC(=O)C1(c2ccc(NS(=O)(=O)c3ccc(C(C)(C)C)cc3)cc2)CC1.O=C(O)C(F)(F)F. The second kappa shape index (κ2) is 11.8. The average Bonchev–Trinajstić information content (AvgIpc) is 3.60. The predicted octanol–water partition coefficient (Wildman–Crippen LogP) is 5.61. The highest BCUT2D eigenvalue weighted by molar-refractivity contribution is 7.92. The van der Waals surface area contributed by atoms with Crippen molar-refractivity contribution >= 4 is 27.6 Å². The van der Waals surface area contributed by atoms with E-state index >= 15 is 0 Å². The molecule has 2 aromatic rings. The monoisotopic (exact) mass is 556 g/mol. The first-order valence-corrected chi connectivity index (χ1v) is 13.7. The summed E-state index contributed by atoms with van der Waals surface area (Å²) < 4.78 is 59.9. The number of rotatable bonds is 8. The standard InChI is InChI=1S/C25H34N2O3S.C2HF3O2/c1-18(2)14-17-26-23(28)25(15-16-25)20-6-10-21(11-7-20)27-31(29,30)22-12-8-19(9-13-22)24(3,4)5;3-2(4,5)1(6)7/h6-13,18,27H,14-17H2,1-5H3,(H,26,28);(H,6,7). The van der Waals surface area contributed by atoms with Gasteiger partial charge in [0.1, 0.15) is 0 Å². The Bertz CT molecular complexity index is 1210. The summed E-state index contributed by atoms with van der Waals surface area (Å²) in [6.07, 6.45) is -2.48. The molecule has 7 nitrogen and oxygen atoms in total. The zero-order valence-corrected chi connectivity index (χ0v) is 23.0. The number of alkyl halides is 3. The molecule has 0 heterocycles. The molecule has 1 fully saturated rings. The Morgan fingerprint density at radius 3 is 1.87 bits per heavy atom. The van der Waals surface area contributed by atoms with Crippen molar-refractivity contribution in [2.75, 3.05) is 11.3 Å². The normalized spacial score (nSPS) is 14.8. The van der Waals surface area contributed by atoms with E-state index in [0.29, 0.717) is 18.2 Å². The van der Waals surface area contributed by atoms with Crippen LogP contribution in [0.25, 0.3) is 0 Å². The molecule has 2 aromatic carbocycles. The van der Waals surface area contributed by atoms with Gasteiger partial charge < -0.3 is 10.4 Å². The maximum atomic E-state index is 12.8. The molecular weight excluding hydrogens is 521 g/mol. The number of carboxylic acid groups (broad SMARTS) is 1. The van der Waals surface area contributed by atoms with Crippen LogP contribution in [-0.4, -0.2) is 38.1 Å². The number of aliphatic carboxylic acids is 1. The van der Waals surface area contributed by atoms with Gasteiger partial charge in [-0.1, -0.05) is 58.9 Å². The van der Waals surface area contributed by atoms with Crippen LogP contribution in [0.5, 0.6) is 0 Å². The van der Waals surface area contributed by atoms with Crippen molar-refractivity contribution in [3.8, 4) is 0 Å². The average molecular weight is 557 g/mol. The Balaban J connectivity index is 0.000000638. The fourth-order valence-electron chi connectivity index (χ4n) is 3.62. The van der Waals surface area contributed by atoms with Crippen LogP contribution in [-0.2, 0) is 30.4 Å². The molecule has 1 amide bonds. The lowest BCUT2D eigenvalue weighted by Gasteiger charge is -2.19. The molecule has 3 N–H and O–H groups in total. The first-order valence-electron chi connectivity index (χ1n) is 12.2. The number of hydrogen-bond donors (Lipinski definition) is 3. The van der Waals surface area contributed by atoms with Gasteiger partial charge >= 0.3 is 12.1 Å². The fourth-order valence-corrected chi connectivity index (χ4v) is 4.68. The van der Waals surface area contributed by atoms with E-state index in [-0.39, 0.29) is 16.2 Å². The largest absolute Gasteiger partial charge is 0.490 e. The van der Waals surface area contributed by atoms with Crippen molar-refractivity contribution in [3.63, 3.8) is 0 Å². The molecule has 0 radical (unpaired) electrons. The molecule has 0 aliphatic heterocycles. The maximum Gasteiger partial charge on any atom is 0.490 e. The van der Waals surface area contributed by atoms with Crippen molar-refractivity contribution in [2.24, 2.45) is 5.92 Å². The number of carbonyl (C=O) groups excluding carboxylic acids is 1. The molecule has 0 bridgehead atoms. The summed E-state index contributed by atoms with van der Waals surface area (Å²) in [4.78, 5) is 21.8. The summed E-state index contributed by atoms with van der Waals surface area (Å²) in [7, 11) is -3.67. The number of carboxylic acids is 1. The van der Waals surface area contributed by atoms with Gasteiger partial charge in [0.05, 0.1) is 10.3 Å². The van der Waals surface area contributed by atoms with Gasteiger partial charge in [0, 0.05) is 12.2 Å². The number of sulfonamides is 1. The Labute approximate surface area is 221 Å². The first kappa shape index (κ1) is 31.1. The topological polar surface area (TPSA) is 113 Å². The van der Waals surface area contributed by atoms with Crippen LogP contribution in [0.3, 0.4) is 0 Å². The third kappa shape index (κ3) is 8.47. The highest BCUT2D eigenvalue weighted by atomic mass is 32.2. The lowest BCUT2D eigenvalue weighted by molar-refractivity contribution is -0.192. The van der Waals surface area contributed by atoms with Crippen molar-refractivity contribution in [1.82, 2.24) is 5.32 Å². The van der Waals surface area contributed by atoms with Gasteiger partial charge in [0.2, 0.25) is 5.91 Å². The van der Waals surface area contributed by atoms with E-state index in [0.717, 1.165) is 30.4 Å². The Morgan fingerprint density at radius 1 is 0.974 bits per heavy atom. The zero-order chi connectivity index (χ0) is 28.9. The number of carbonyl (C=O) groups is 2. The summed E-state index contributed by atoms with van der Waals surface area (Å²) >= 11 is 0. The molecule has 11 heteroatoms. The molecule has 0 atom stereocenters. The van der Waals surface area contributed by atoms with Crippen molar-refractivity contribution in [3.05, 3.63) is 59.7 Å². The van der Waals surface area contributed by atoms with Crippen LogP contribution in [0.2, 0.25) is 0 Å². The highest BCUT2D eigenvalue weighted by Crippen LogP contribution is 2.48. The van der Waals surface area contributed by atoms with Gasteiger partial charge in [0.25, 0.3) is 10.0 Å². The van der Waals surface area contributed by atoms with Crippen molar-refractivity contribution in [2.45, 2.75) is 75.8 Å². The molecular formula is C27H35F3N2O5S. The Kier molecular flexibility index (Phi) is 9.63. The summed E-state index contributed by atoms with van der Waals surface area (Å²) in [5.41, 5.74) is 2.01. The van der Waals surface area contributed by atoms with Gasteiger partial charge in [-0.25, -0.2) is 13.2 Å². The summed E-state index contributed by atoms with van der Waals surface area (Å²) in [6, 6.07) is 14.2. The van der Waals surface area contributed by atoms with E-state index in [9.17, 15) is 26.4 Å². The van der Waals surface area contributed by atoms with Gasteiger partial charge in [-0.3, -0.25) is 9.52 Å². The number of halogens is 3. The Morgan fingerprint density at radius 2 is 1.47 bits per heavy atom. The molecule has 1 aliphatic carbocycles. The van der Waals surface area contributed by atoms with Crippen LogP contribution in [0.1, 0.15) is 65.0 Å². The smallest absolute Gasteiger partial charge is 0.475 e. The van der Waals surface area contributed by atoms with E-state index < -0.39 is 27.6 Å². The Hall–Kier alpha value is -3.08. The molecule has 0 spiro atoms. The lowest BCUT2D eigenvalue weighted by atomic mass is 9.87. The predicted molar refractivity (Wildman–Crippen MR) is 139 cm³/mol. The summed E-state index contributed by atoms with van der Waals surface area (Å²) in [5, 5.41) is 10.2. The van der Waals surface area contributed by atoms with Gasteiger partial charge in [-0.15, -0.1) is 0 Å². The maximum absolute atomic E-state index is 12.8. The first-order chi connectivity index (χ1) is 17.4. The summed E-state index contributed by atoms with van der Waals surface area (Å²) in [5.74, 6) is -2.14. The quantitative estimate of drug-likeness (QED) is 0.391. The molecule has 38 heavy (non-hydrogen) atoms. The molecule has 3 rings (SSSR count). The molecule has 0 aromatic heterocycles. The number of hydrogen-bond acceptors (Lipinski definition) is 4. The van der Waals surface area contributed by atoms with E-state index in [1.165, 1.54) is 0 Å². The number of nitrogens with one attached hydrogen (secondary N) is 2. The van der Waals surface area contributed by atoms with Crippen LogP contribution < -0.4 is 10.0 Å².